The van der Waals surface area contributed by atoms with Crippen LogP contribution in [0, 0.1) is 20.8 Å². The Hall–Kier alpha value is -2.04. The number of aliphatic hydroxyl groups excluding tert-OH is 1. The number of methoxy groups -OCH3 is 1. The molecule has 208 valence electrons. The summed E-state index contributed by atoms with van der Waals surface area (Å²) < 4.78 is 38.2. The van der Waals surface area contributed by atoms with Gasteiger partial charge in [-0.15, -0.1) is 0 Å². The molecule has 0 aromatic heterocycles. The Labute approximate surface area is 221 Å². The number of rotatable bonds is 21. The van der Waals surface area contributed by atoms with Crippen molar-refractivity contribution in [1.29, 1.82) is 0 Å². The molecule has 0 saturated heterocycles. The Bertz CT molecular complexity index is 886. The lowest BCUT2D eigenvalue weighted by Gasteiger charge is -2.15. The minimum atomic E-state index is 0.0312. The minimum Gasteiger partial charge on any atom is -0.491 e. The number of aryl methyl sites for hydroxylation is 3. The van der Waals surface area contributed by atoms with Crippen LogP contribution in [0.2, 0.25) is 0 Å². The summed E-state index contributed by atoms with van der Waals surface area (Å²) in [4.78, 5) is 0. The highest BCUT2D eigenvalue weighted by Crippen LogP contribution is 2.30. The average Bonchev–Trinajstić information content (AvgIpc) is 2.89. The van der Waals surface area contributed by atoms with Crippen LogP contribution in [0.5, 0.6) is 5.75 Å². The molecular formula is C29H44O8. The first-order chi connectivity index (χ1) is 18.1. The van der Waals surface area contributed by atoms with E-state index in [1.165, 1.54) is 27.8 Å². The number of benzene rings is 2. The highest BCUT2D eigenvalue weighted by atomic mass is 16.6. The second-order valence-corrected chi connectivity index (χ2v) is 8.64. The maximum absolute atomic E-state index is 8.67. The summed E-state index contributed by atoms with van der Waals surface area (Å²) in [6, 6.07) is 10.7. The fourth-order valence-corrected chi connectivity index (χ4v) is 3.68. The summed E-state index contributed by atoms with van der Waals surface area (Å²) in [6.45, 7) is 12.5. The molecule has 0 aliphatic carbocycles. The maximum atomic E-state index is 8.67. The van der Waals surface area contributed by atoms with Gasteiger partial charge in [0.15, 0.2) is 0 Å². The molecule has 0 amide bonds. The van der Waals surface area contributed by atoms with Crippen molar-refractivity contribution >= 4 is 0 Å². The predicted molar refractivity (Wildman–Crippen MR) is 143 cm³/mol. The van der Waals surface area contributed by atoms with Gasteiger partial charge in [-0.1, -0.05) is 18.2 Å². The summed E-state index contributed by atoms with van der Waals surface area (Å²) in [5.41, 5.74) is 7.04. The lowest BCUT2D eigenvalue weighted by Crippen LogP contribution is -2.12. The third kappa shape index (κ3) is 12.4. The highest BCUT2D eigenvalue weighted by Gasteiger charge is 2.09. The van der Waals surface area contributed by atoms with Crippen LogP contribution in [0.4, 0.5) is 0 Å². The van der Waals surface area contributed by atoms with Gasteiger partial charge in [0.05, 0.1) is 79.3 Å². The number of hydrogen-bond donors (Lipinski definition) is 1. The molecule has 0 bridgehead atoms. The standard InChI is InChI=1S/C29H44O8/c1-23-21-28(24(2)19-27(23)22-36-16-15-34-12-11-32-8-7-30)26-5-6-29(25(3)20-26)37-18-17-35-14-13-33-10-9-31-4/h5-6,19-21,30H,7-18,22H2,1-4H3. The van der Waals surface area contributed by atoms with Crippen molar-refractivity contribution in [3.05, 3.63) is 52.6 Å². The lowest BCUT2D eigenvalue weighted by atomic mass is 9.94. The molecule has 2 aromatic carbocycles. The molecule has 2 aromatic rings. The van der Waals surface area contributed by atoms with Crippen molar-refractivity contribution in [2.75, 3.05) is 86.4 Å². The van der Waals surface area contributed by atoms with E-state index in [9.17, 15) is 0 Å². The molecule has 0 spiro atoms. The molecule has 0 aliphatic heterocycles. The highest BCUT2D eigenvalue weighted by molar-refractivity contribution is 5.70. The van der Waals surface area contributed by atoms with E-state index >= 15 is 0 Å². The molecule has 8 nitrogen and oxygen atoms in total. The summed E-state index contributed by atoms with van der Waals surface area (Å²) in [6.07, 6.45) is 0. The van der Waals surface area contributed by atoms with Gasteiger partial charge in [0.1, 0.15) is 12.4 Å². The molecule has 0 saturated carbocycles. The zero-order chi connectivity index (χ0) is 26.7. The zero-order valence-corrected chi connectivity index (χ0v) is 22.9. The minimum absolute atomic E-state index is 0.0312. The van der Waals surface area contributed by atoms with Gasteiger partial charge in [0.25, 0.3) is 0 Å². The van der Waals surface area contributed by atoms with E-state index in [1.807, 2.05) is 6.07 Å². The van der Waals surface area contributed by atoms with Crippen molar-refractivity contribution in [3.8, 4) is 16.9 Å². The predicted octanol–water partition coefficient (Wildman–Crippen LogP) is 3.88. The molecule has 37 heavy (non-hydrogen) atoms. The zero-order valence-electron chi connectivity index (χ0n) is 22.9. The van der Waals surface area contributed by atoms with Gasteiger partial charge < -0.3 is 38.3 Å². The first-order valence-corrected chi connectivity index (χ1v) is 12.9. The molecule has 8 heteroatoms. The van der Waals surface area contributed by atoms with Crippen molar-refractivity contribution in [2.45, 2.75) is 27.4 Å². The summed E-state index contributed by atoms with van der Waals surface area (Å²) in [7, 11) is 1.65. The Kier molecular flexibility index (Phi) is 16.1. The third-order valence-electron chi connectivity index (χ3n) is 5.70. The van der Waals surface area contributed by atoms with Crippen molar-refractivity contribution in [1.82, 2.24) is 0 Å². The number of hydrogen-bond acceptors (Lipinski definition) is 8. The second kappa shape index (κ2) is 19.1. The van der Waals surface area contributed by atoms with E-state index in [-0.39, 0.29) is 6.61 Å². The van der Waals surface area contributed by atoms with Crippen molar-refractivity contribution in [2.24, 2.45) is 0 Å². The largest absolute Gasteiger partial charge is 0.491 e. The van der Waals surface area contributed by atoms with Crippen LogP contribution in [0.15, 0.2) is 30.3 Å². The molecule has 0 radical (unpaired) electrons. The topological polar surface area (TPSA) is 84.8 Å². The summed E-state index contributed by atoms with van der Waals surface area (Å²) >= 11 is 0. The van der Waals surface area contributed by atoms with Crippen molar-refractivity contribution < 1.29 is 38.3 Å². The monoisotopic (exact) mass is 520 g/mol. The lowest BCUT2D eigenvalue weighted by molar-refractivity contribution is 0.00444. The van der Waals surface area contributed by atoms with E-state index in [2.05, 4.69) is 45.0 Å². The Balaban J connectivity index is 1.76. The van der Waals surface area contributed by atoms with Gasteiger partial charge in [-0.25, -0.2) is 0 Å². The Morgan fingerprint density at radius 3 is 1.81 bits per heavy atom. The fourth-order valence-electron chi connectivity index (χ4n) is 3.68. The van der Waals surface area contributed by atoms with Crippen LogP contribution in [0.3, 0.4) is 0 Å². The Morgan fingerprint density at radius 2 is 1.19 bits per heavy atom. The van der Waals surface area contributed by atoms with Gasteiger partial charge in [-0.2, -0.15) is 0 Å². The molecule has 0 heterocycles. The van der Waals surface area contributed by atoms with Crippen LogP contribution in [0.1, 0.15) is 22.3 Å². The summed E-state index contributed by atoms with van der Waals surface area (Å²) in [5, 5.41) is 8.67. The third-order valence-corrected chi connectivity index (χ3v) is 5.70. The van der Waals surface area contributed by atoms with E-state index < -0.39 is 0 Å². The van der Waals surface area contributed by atoms with Crippen LogP contribution in [-0.2, 0) is 35.0 Å². The molecule has 0 aliphatic rings. The van der Waals surface area contributed by atoms with Gasteiger partial charge in [0, 0.05) is 7.11 Å². The molecule has 1 N–H and O–H groups in total. The van der Waals surface area contributed by atoms with E-state index in [1.54, 1.807) is 7.11 Å². The maximum Gasteiger partial charge on any atom is 0.122 e. The molecule has 2 rings (SSSR count). The normalized spacial score (nSPS) is 11.3. The van der Waals surface area contributed by atoms with E-state index in [4.69, 9.17) is 38.3 Å². The van der Waals surface area contributed by atoms with Crippen LogP contribution in [0.25, 0.3) is 11.1 Å². The first-order valence-electron chi connectivity index (χ1n) is 12.9. The average molecular weight is 521 g/mol. The summed E-state index contributed by atoms with van der Waals surface area (Å²) in [5.74, 6) is 0.866. The van der Waals surface area contributed by atoms with Gasteiger partial charge in [0.2, 0.25) is 0 Å². The smallest absolute Gasteiger partial charge is 0.122 e. The van der Waals surface area contributed by atoms with Crippen LogP contribution >= 0.6 is 0 Å². The van der Waals surface area contributed by atoms with E-state index in [0.29, 0.717) is 79.3 Å². The first kappa shape index (κ1) is 31.2. The van der Waals surface area contributed by atoms with Gasteiger partial charge in [-0.05, 0) is 66.3 Å². The number of ether oxygens (including phenoxy) is 7. The number of aliphatic hydroxyl groups is 1. The van der Waals surface area contributed by atoms with Gasteiger partial charge >= 0.3 is 0 Å². The Morgan fingerprint density at radius 1 is 0.595 bits per heavy atom. The van der Waals surface area contributed by atoms with E-state index in [0.717, 1.165) is 11.3 Å². The fraction of sp³-hybridized carbons (Fsp3) is 0.586. The molecule has 0 atom stereocenters. The van der Waals surface area contributed by atoms with Crippen LogP contribution < -0.4 is 4.74 Å². The van der Waals surface area contributed by atoms with Crippen LogP contribution in [-0.4, -0.2) is 91.5 Å². The molecule has 0 fully saturated rings. The van der Waals surface area contributed by atoms with Crippen molar-refractivity contribution in [3.63, 3.8) is 0 Å². The second-order valence-electron chi connectivity index (χ2n) is 8.64. The quantitative estimate of drug-likeness (QED) is 0.248. The van der Waals surface area contributed by atoms with Gasteiger partial charge in [-0.3, -0.25) is 0 Å². The molecular weight excluding hydrogens is 476 g/mol. The SMILES string of the molecule is COCCOCCOCCOc1ccc(-c2cc(C)c(COCCOCCOCCO)cc2C)cc1C. The molecule has 0 unspecified atom stereocenters.